The lowest BCUT2D eigenvalue weighted by Crippen LogP contribution is -2.31. The van der Waals surface area contributed by atoms with E-state index in [-0.39, 0.29) is 17.5 Å². The number of nitrogens with one attached hydrogen (secondary N) is 1. The fourth-order valence-corrected chi connectivity index (χ4v) is 2.75. The van der Waals surface area contributed by atoms with Crippen molar-refractivity contribution < 1.29 is 9.59 Å². The number of benzene rings is 1. The van der Waals surface area contributed by atoms with Gasteiger partial charge in [-0.2, -0.15) is 0 Å². The lowest BCUT2D eigenvalue weighted by molar-refractivity contribution is 0.0948. The second-order valence-corrected chi connectivity index (χ2v) is 6.28. The predicted octanol–water partition coefficient (Wildman–Crippen LogP) is 3.98. The van der Waals surface area contributed by atoms with Gasteiger partial charge in [0.2, 0.25) is 0 Å². The van der Waals surface area contributed by atoms with Gasteiger partial charge in [-0.15, -0.1) is 0 Å². The van der Waals surface area contributed by atoms with Crippen LogP contribution >= 0.6 is 0 Å². The van der Waals surface area contributed by atoms with Gasteiger partial charge in [0, 0.05) is 30.5 Å². The van der Waals surface area contributed by atoms with E-state index in [4.69, 9.17) is 0 Å². The molecule has 1 aromatic carbocycles. The van der Waals surface area contributed by atoms with Crippen LogP contribution in [0.1, 0.15) is 59.5 Å². The Morgan fingerprint density at radius 2 is 1.92 bits per heavy atom. The van der Waals surface area contributed by atoms with E-state index in [1.54, 1.807) is 17.0 Å². The second kappa shape index (κ2) is 9.70. The molecule has 5 nitrogen and oxygen atoms in total. The molecule has 0 saturated carbocycles. The van der Waals surface area contributed by atoms with E-state index < -0.39 is 0 Å². The van der Waals surface area contributed by atoms with Crippen molar-refractivity contribution in [1.29, 1.82) is 0 Å². The Labute approximate surface area is 155 Å². The van der Waals surface area contributed by atoms with Crippen molar-refractivity contribution in [2.45, 2.75) is 40.0 Å². The van der Waals surface area contributed by atoms with Crippen LogP contribution in [0, 0.1) is 6.92 Å². The number of aromatic nitrogens is 1. The van der Waals surface area contributed by atoms with Gasteiger partial charge in [-0.05, 0) is 50.1 Å². The zero-order valence-corrected chi connectivity index (χ0v) is 15.8. The van der Waals surface area contributed by atoms with Crippen molar-refractivity contribution in [2.75, 3.05) is 18.0 Å². The molecule has 1 N–H and O–H groups in total. The predicted molar refractivity (Wildman–Crippen MR) is 105 cm³/mol. The van der Waals surface area contributed by atoms with E-state index >= 15 is 0 Å². The summed E-state index contributed by atoms with van der Waals surface area (Å²) < 4.78 is 0. The molecule has 0 bridgehead atoms. The minimum atomic E-state index is -0.241. The molecular formula is C21H27N3O2. The highest BCUT2D eigenvalue weighted by atomic mass is 16.2. The van der Waals surface area contributed by atoms with Crippen LogP contribution in [0.5, 0.6) is 0 Å². The van der Waals surface area contributed by atoms with Gasteiger partial charge in [0.25, 0.3) is 11.8 Å². The molecule has 1 aromatic heterocycles. The molecule has 0 spiro atoms. The number of carbonyl (C=O) groups is 2. The van der Waals surface area contributed by atoms with Gasteiger partial charge in [0.15, 0.2) is 0 Å². The molecule has 2 rings (SSSR count). The maximum Gasteiger partial charge on any atom is 0.269 e. The summed E-state index contributed by atoms with van der Waals surface area (Å²) in [4.78, 5) is 31.0. The first kappa shape index (κ1) is 19.6. The Morgan fingerprint density at radius 1 is 1.12 bits per heavy atom. The van der Waals surface area contributed by atoms with Gasteiger partial charge in [0.05, 0.1) is 0 Å². The molecule has 5 heteroatoms. The van der Waals surface area contributed by atoms with Crippen LogP contribution in [-0.4, -0.2) is 29.9 Å². The standard InChI is InChI=1S/C21H27N3O2/c1-4-6-7-12-23-20(25)19-15-17(11-13-22-19)21(26)24(5-2)18-10-8-9-16(3)14-18/h8-11,13-15H,4-7,12H2,1-3H3,(H,23,25). The van der Waals surface area contributed by atoms with E-state index in [1.807, 2.05) is 38.1 Å². The third-order valence-corrected chi connectivity index (χ3v) is 4.18. The third kappa shape index (κ3) is 5.15. The zero-order chi connectivity index (χ0) is 18.9. The van der Waals surface area contributed by atoms with Crippen LogP contribution in [0.3, 0.4) is 0 Å². The monoisotopic (exact) mass is 353 g/mol. The van der Waals surface area contributed by atoms with Crippen LogP contribution in [0.25, 0.3) is 0 Å². The molecule has 0 atom stereocenters. The SMILES string of the molecule is CCCCCNC(=O)c1cc(C(=O)N(CC)c2cccc(C)c2)ccn1. The quantitative estimate of drug-likeness (QED) is 0.730. The topological polar surface area (TPSA) is 62.3 Å². The lowest BCUT2D eigenvalue weighted by atomic mass is 10.1. The maximum atomic E-state index is 12.9. The van der Waals surface area contributed by atoms with Crippen molar-refractivity contribution in [3.8, 4) is 0 Å². The minimum Gasteiger partial charge on any atom is -0.351 e. The van der Waals surface area contributed by atoms with Gasteiger partial charge in [-0.3, -0.25) is 14.6 Å². The van der Waals surface area contributed by atoms with Gasteiger partial charge in [-0.1, -0.05) is 31.9 Å². The summed E-state index contributed by atoms with van der Waals surface area (Å²) in [6.07, 6.45) is 4.63. The van der Waals surface area contributed by atoms with Gasteiger partial charge in [0.1, 0.15) is 5.69 Å². The van der Waals surface area contributed by atoms with Crippen molar-refractivity contribution in [3.05, 3.63) is 59.4 Å². The molecule has 0 radical (unpaired) electrons. The molecule has 0 fully saturated rings. The average Bonchev–Trinajstić information content (AvgIpc) is 2.66. The van der Waals surface area contributed by atoms with Crippen molar-refractivity contribution in [2.24, 2.45) is 0 Å². The highest BCUT2D eigenvalue weighted by Gasteiger charge is 2.18. The molecule has 2 aromatic rings. The Morgan fingerprint density at radius 3 is 2.62 bits per heavy atom. The van der Waals surface area contributed by atoms with Gasteiger partial charge < -0.3 is 10.2 Å². The minimum absolute atomic E-state index is 0.138. The first-order chi connectivity index (χ1) is 12.6. The average molecular weight is 353 g/mol. The number of hydrogen-bond donors (Lipinski definition) is 1. The maximum absolute atomic E-state index is 12.9. The number of hydrogen-bond acceptors (Lipinski definition) is 3. The number of carbonyl (C=O) groups excluding carboxylic acids is 2. The van der Waals surface area contributed by atoms with Crippen LogP contribution < -0.4 is 10.2 Å². The number of unbranched alkanes of at least 4 members (excludes halogenated alkanes) is 2. The number of rotatable bonds is 8. The molecule has 0 aliphatic heterocycles. The summed E-state index contributed by atoms with van der Waals surface area (Å²) in [5.41, 5.74) is 2.67. The summed E-state index contributed by atoms with van der Waals surface area (Å²) >= 11 is 0. The molecule has 0 unspecified atom stereocenters. The van der Waals surface area contributed by atoms with Crippen LogP contribution in [0.15, 0.2) is 42.6 Å². The molecule has 138 valence electrons. The van der Waals surface area contributed by atoms with Crippen molar-refractivity contribution in [1.82, 2.24) is 10.3 Å². The molecule has 0 aliphatic rings. The second-order valence-electron chi connectivity index (χ2n) is 6.28. The molecule has 2 amide bonds. The first-order valence-corrected chi connectivity index (χ1v) is 9.19. The number of pyridine rings is 1. The summed E-state index contributed by atoms with van der Waals surface area (Å²) in [7, 11) is 0. The zero-order valence-electron chi connectivity index (χ0n) is 15.8. The summed E-state index contributed by atoms with van der Waals surface area (Å²) in [6, 6.07) is 11.0. The van der Waals surface area contributed by atoms with E-state index in [0.717, 1.165) is 30.5 Å². The highest BCUT2D eigenvalue weighted by Crippen LogP contribution is 2.18. The number of aryl methyl sites for hydroxylation is 1. The third-order valence-electron chi connectivity index (χ3n) is 4.18. The van der Waals surface area contributed by atoms with Crippen LogP contribution in [-0.2, 0) is 0 Å². The number of anilines is 1. The molecular weight excluding hydrogens is 326 g/mol. The van der Waals surface area contributed by atoms with E-state index in [9.17, 15) is 9.59 Å². The fraction of sp³-hybridized carbons (Fsp3) is 0.381. The van der Waals surface area contributed by atoms with E-state index in [0.29, 0.717) is 18.7 Å². The molecule has 0 aliphatic carbocycles. The summed E-state index contributed by atoms with van der Waals surface area (Å²) in [6.45, 7) is 7.21. The normalized spacial score (nSPS) is 10.4. The largest absolute Gasteiger partial charge is 0.351 e. The van der Waals surface area contributed by atoms with Crippen molar-refractivity contribution >= 4 is 17.5 Å². The smallest absolute Gasteiger partial charge is 0.269 e. The molecule has 0 saturated heterocycles. The molecule has 1 heterocycles. The van der Waals surface area contributed by atoms with Gasteiger partial charge in [-0.25, -0.2) is 0 Å². The Balaban J connectivity index is 2.14. The lowest BCUT2D eigenvalue weighted by Gasteiger charge is -2.21. The van der Waals surface area contributed by atoms with E-state index in [1.165, 1.54) is 6.20 Å². The molecule has 26 heavy (non-hydrogen) atoms. The first-order valence-electron chi connectivity index (χ1n) is 9.19. The fourth-order valence-electron chi connectivity index (χ4n) is 2.75. The summed E-state index contributed by atoms with van der Waals surface area (Å²) in [5.74, 6) is -0.380. The van der Waals surface area contributed by atoms with Crippen LogP contribution in [0.4, 0.5) is 5.69 Å². The number of amides is 2. The Hall–Kier alpha value is -2.69. The highest BCUT2D eigenvalue weighted by molar-refractivity contribution is 6.07. The Kier molecular flexibility index (Phi) is 7.33. The van der Waals surface area contributed by atoms with Gasteiger partial charge >= 0.3 is 0 Å². The number of nitrogens with zero attached hydrogens (tertiary/aromatic N) is 2. The van der Waals surface area contributed by atoms with Crippen molar-refractivity contribution in [3.63, 3.8) is 0 Å². The van der Waals surface area contributed by atoms with E-state index in [2.05, 4.69) is 17.2 Å². The Bertz CT molecular complexity index is 758. The summed E-state index contributed by atoms with van der Waals surface area (Å²) in [5, 5.41) is 2.86. The van der Waals surface area contributed by atoms with Crippen LogP contribution in [0.2, 0.25) is 0 Å².